The summed E-state index contributed by atoms with van der Waals surface area (Å²) >= 11 is 2.90. The molecule has 144 valence electrons. The lowest BCUT2D eigenvalue weighted by atomic mass is 9.83. The number of carbonyl (C=O) groups excluding carboxylic acids is 1. The van der Waals surface area contributed by atoms with Gasteiger partial charge in [-0.15, -0.1) is 0 Å². The molecule has 0 aliphatic carbocycles. The van der Waals surface area contributed by atoms with E-state index < -0.39 is 29.0 Å². The van der Waals surface area contributed by atoms with Crippen molar-refractivity contribution in [3.05, 3.63) is 32.2 Å². The van der Waals surface area contributed by atoms with E-state index in [0.717, 1.165) is 6.42 Å². The molecule has 1 unspecified atom stereocenters. The summed E-state index contributed by atoms with van der Waals surface area (Å²) in [7, 11) is 0. The lowest BCUT2D eigenvalue weighted by molar-refractivity contribution is -0.139. The van der Waals surface area contributed by atoms with Crippen LogP contribution in [0.1, 0.15) is 44.4 Å². The van der Waals surface area contributed by atoms with Crippen LogP contribution < -0.4 is 5.56 Å². The molecule has 3 rings (SSSR count). The highest BCUT2D eigenvalue weighted by Gasteiger charge is 2.42. The Kier molecular flexibility index (Phi) is 4.65. The minimum atomic E-state index is -4.72. The maximum absolute atomic E-state index is 13.2. The number of amides is 1. The van der Waals surface area contributed by atoms with Crippen LogP contribution >= 0.6 is 15.9 Å². The fourth-order valence-electron chi connectivity index (χ4n) is 3.70. The second-order valence-electron chi connectivity index (χ2n) is 7.89. The second-order valence-corrected chi connectivity index (χ2v) is 8.74. The van der Waals surface area contributed by atoms with E-state index in [2.05, 4.69) is 15.9 Å². The number of nitrogens with zero attached hydrogens (tertiary/aromatic N) is 2. The minimum Gasteiger partial charge on any atom is -0.444 e. The number of hydrogen-bond acceptors (Lipinski definition) is 3. The number of alkyl halides is 3. The number of aromatic nitrogens is 1. The molecule has 0 aromatic carbocycles. The second kappa shape index (κ2) is 6.28. The largest absolute Gasteiger partial charge is 0.444 e. The number of halogens is 4. The van der Waals surface area contributed by atoms with Gasteiger partial charge in [0.25, 0.3) is 5.56 Å². The summed E-state index contributed by atoms with van der Waals surface area (Å²) in [5.41, 5.74) is -2.30. The fourth-order valence-corrected chi connectivity index (χ4v) is 4.33. The van der Waals surface area contributed by atoms with Crippen LogP contribution in [0.15, 0.2) is 15.3 Å². The Morgan fingerprint density at radius 1 is 1.23 bits per heavy atom. The van der Waals surface area contributed by atoms with E-state index in [-0.39, 0.29) is 22.9 Å². The molecule has 5 nitrogen and oxygen atoms in total. The third kappa shape index (κ3) is 3.63. The zero-order valence-corrected chi connectivity index (χ0v) is 16.3. The molecule has 3 heterocycles. The van der Waals surface area contributed by atoms with Crippen LogP contribution in [-0.4, -0.2) is 34.3 Å². The van der Waals surface area contributed by atoms with Gasteiger partial charge in [-0.05, 0) is 55.1 Å². The van der Waals surface area contributed by atoms with E-state index in [9.17, 15) is 22.8 Å². The molecular weight excluding hydrogens is 417 g/mol. The molecular formula is C17H20BrF3N2O3. The molecule has 2 aliphatic heterocycles. The van der Waals surface area contributed by atoms with Crippen molar-refractivity contribution in [2.24, 2.45) is 5.92 Å². The Balaban J connectivity index is 1.94. The van der Waals surface area contributed by atoms with Crippen LogP contribution in [0.5, 0.6) is 0 Å². The molecule has 0 saturated carbocycles. The molecule has 26 heavy (non-hydrogen) atoms. The van der Waals surface area contributed by atoms with Crippen LogP contribution in [0.2, 0.25) is 0 Å². The van der Waals surface area contributed by atoms with Crippen LogP contribution in [-0.2, 0) is 17.5 Å². The van der Waals surface area contributed by atoms with Crippen molar-refractivity contribution in [1.82, 2.24) is 9.47 Å². The quantitative estimate of drug-likeness (QED) is 0.617. The smallest absolute Gasteiger partial charge is 0.422 e. The standard InChI is InChI=1S/C17H20BrF3N2O3/c1-16(2,3)26-15(25)22-6-9-4-10(8-22)12-5-11(18)13(17(19,20)21)14(24)23(12)7-9/h5,9-10H,4,6-8H2,1-3H3/t9?,10-/m0/s1. The number of piperidine rings is 1. The van der Waals surface area contributed by atoms with E-state index in [4.69, 9.17) is 4.74 Å². The average molecular weight is 437 g/mol. The number of likely N-dealkylation sites (tertiary alicyclic amines) is 1. The first kappa shape index (κ1) is 19.3. The molecule has 0 N–H and O–H groups in total. The average Bonchev–Trinajstić information content (AvgIpc) is 2.45. The minimum absolute atomic E-state index is 0.0753. The van der Waals surface area contributed by atoms with Gasteiger partial charge in [0.2, 0.25) is 0 Å². The highest BCUT2D eigenvalue weighted by Crippen LogP contribution is 2.39. The van der Waals surface area contributed by atoms with Crippen LogP contribution in [0.25, 0.3) is 0 Å². The van der Waals surface area contributed by atoms with E-state index in [0.29, 0.717) is 18.8 Å². The predicted molar refractivity (Wildman–Crippen MR) is 92.1 cm³/mol. The van der Waals surface area contributed by atoms with Crippen LogP contribution in [0.4, 0.5) is 18.0 Å². The van der Waals surface area contributed by atoms with Crippen molar-refractivity contribution in [3.63, 3.8) is 0 Å². The number of carbonyl (C=O) groups is 1. The molecule has 1 saturated heterocycles. The topological polar surface area (TPSA) is 51.5 Å². The van der Waals surface area contributed by atoms with E-state index in [1.807, 2.05) is 0 Å². The molecule has 1 fully saturated rings. The van der Waals surface area contributed by atoms with Gasteiger partial charge in [0.05, 0.1) is 0 Å². The lowest BCUT2D eigenvalue weighted by Crippen LogP contribution is -2.50. The van der Waals surface area contributed by atoms with Gasteiger partial charge >= 0.3 is 12.3 Å². The maximum Gasteiger partial charge on any atom is 0.422 e. The Morgan fingerprint density at radius 2 is 1.88 bits per heavy atom. The molecule has 0 radical (unpaired) electrons. The number of hydrogen-bond donors (Lipinski definition) is 0. The van der Waals surface area contributed by atoms with Gasteiger partial charge in [0.1, 0.15) is 11.2 Å². The van der Waals surface area contributed by atoms with Crippen molar-refractivity contribution in [2.45, 2.75) is 51.4 Å². The Labute approximate surface area is 157 Å². The number of ether oxygens (including phenoxy) is 1. The monoisotopic (exact) mass is 436 g/mol. The summed E-state index contributed by atoms with van der Waals surface area (Å²) < 4.78 is 45.9. The normalized spacial score (nSPS) is 22.8. The summed E-state index contributed by atoms with van der Waals surface area (Å²) in [4.78, 5) is 26.4. The summed E-state index contributed by atoms with van der Waals surface area (Å²) in [6.07, 6.45) is -4.42. The van der Waals surface area contributed by atoms with E-state index in [1.165, 1.54) is 10.6 Å². The number of pyridine rings is 1. The molecule has 2 aliphatic rings. The summed E-state index contributed by atoms with van der Waals surface area (Å²) in [6.45, 7) is 6.19. The van der Waals surface area contributed by atoms with Gasteiger partial charge in [0.15, 0.2) is 0 Å². The van der Waals surface area contributed by atoms with Gasteiger partial charge in [-0.2, -0.15) is 13.2 Å². The van der Waals surface area contributed by atoms with Gasteiger partial charge in [-0.25, -0.2) is 4.79 Å². The molecule has 2 atom stereocenters. The van der Waals surface area contributed by atoms with Crippen LogP contribution in [0, 0.1) is 5.92 Å². The Morgan fingerprint density at radius 3 is 2.46 bits per heavy atom. The van der Waals surface area contributed by atoms with Crippen molar-refractivity contribution < 1.29 is 22.7 Å². The fraction of sp³-hybridized carbons (Fsp3) is 0.647. The van der Waals surface area contributed by atoms with Crippen molar-refractivity contribution in [1.29, 1.82) is 0 Å². The summed E-state index contributed by atoms with van der Waals surface area (Å²) in [5, 5.41) is 0. The number of fused-ring (bicyclic) bond motifs is 4. The van der Waals surface area contributed by atoms with Crippen molar-refractivity contribution >= 4 is 22.0 Å². The molecule has 1 aromatic rings. The van der Waals surface area contributed by atoms with Crippen molar-refractivity contribution in [3.8, 4) is 0 Å². The Hall–Kier alpha value is -1.51. The number of rotatable bonds is 0. The highest BCUT2D eigenvalue weighted by molar-refractivity contribution is 9.10. The third-order valence-corrected chi connectivity index (χ3v) is 5.24. The van der Waals surface area contributed by atoms with E-state index in [1.54, 1.807) is 25.7 Å². The summed E-state index contributed by atoms with van der Waals surface area (Å²) in [6, 6.07) is 1.36. The summed E-state index contributed by atoms with van der Waals surface area (Å²) in [5.74, 6) is -0.268. The van der Waals surface area contributed by atoms with Crippen molar-refractivity contribution in [2.75, 3.05) is 13.1 Å². The molecule has 2 bridgehead atoms. The lowest BCUT2D eigenvalue weighted by Gasteiger charge is -2.43. The molecule has 1 aromatic heterocycles. The molecule has 1 amide bonds. The van der Waals surface area contributed by atoms with Crippen LogP contribution in [0.3, 0.4) is 0 Å². The van der Waals surface area contributed by atoms with E-state index >= 15 is 0 Å². The zero-order valence-electron chi connectivity index (χ0n) is 14.7. The first-order valence-electron chi connectivity index (χ1n) is 8.35. The van der Waals surface area contributed by atoms with Gasteiger partial charge < -0.3 is 14.2 Å². The first-order valence-corrected chi connectivity index (χ1v) is 9.14. The van der Waals surface area contributed by atoms with Gasteiger partial charge in [0, 0.05) is 35.7 Å². The Bertz CT molecular complexity index is 798. The zero-order chi connectivity index (χ0) is 19.4. The van der Waals surface area contributed by atoms with Gasteiger partial charge in [-0.1, -0.05) is 0 Å². The molecule has 0 spiro atoms. The SMILES string of the molecule is CC(C)(C)OC(=O)N1CC2C[C@@H](C1)c1cc(Br)c(C(F)(F)F)c(=O)n1C2. The van der Waals surface area contributed by atoms with Gasteiger partial charge in [-0.3, -0.25) is 4.79 Å². The maximum atomic E-state index is 13.2. The highest BCUT2D eigenvalue weighted by atomic mass is 79.9. The molecule has 9 heteroatoms. The third-order valence-electron chi connectivity index (χ3n) is 4.62. The predicted octanol–water partition coefficient (Wildman–Crippen LogP) is 3.98. The first-order chi connectivity index (χ1) is 11.9.